The van der Waals surface area contributed by atoms with Crippen molar-refractivity contribution in [1.29, 1.82) is 0 Å². The van der Waals surface area contributed by atoms with Crippen molar-refractivity contribution in [2.75, 3.05) is 17.1 Å². The second kappa shape index (κ2) is 8.72. The average Bonchev–Trinajstić information content (AvgIpc) is 3.18. The van der Waals surface area contributed by atoms with Gasteiger partial charge in [0.2, 0.25) is 5.91 Å². The molecular weight excluding hydrogens is 430 g/mol. The summed E-state index contributed by atoms with van der Waals surface area (Å²) in [5, 5.41) is 7.45. The average molecular weight is 452 g/mol. The van der Waals surface area contributed by atoms with Crippen LogP contribution in [0.3, 0.4) is 0 Å². The van der Waals surface area contributed by atoms with Crippen molar-refractivity contribution < 1.29 is 22.5 Å². The second-order valence-corrected chi connectivity index (χ2v) is 8.79. The number of fused-ring (bicyclic) bond motifs is 1. The number of hydrogen-bond acceptors (Lipinski definition) is 6. The van der Waals surface area contributed by atoms with Gasteiger partial charge in [-0.05, 0) is 48.9 Å². The van der Waals surface area contributed by atoms with Crippen molar-refractivity contribution in [2.24, 2.45) is 0 Å². The molecule has 3 aromatic carbocycles. The van der Waals surface area contributed by atoms with Crippen LogP contribution >= 0.6 is 0 Å². The van der Waals surface area contributed by atoms with Gasteiger partial charge in [0.05, 0.1) is 24.1 Å². The van der Waals surface area contributed by atoms with E-state index >= 15 is 0 Å². The van der Waals surface area contributed by atoms with Crippen molar-refractivity contribution >= 4 is 38.3 Å². The molecule has 32 heavy (non-hydrogen) atoms. The topological polar surface area (TPSA) is 111 Å². The number of methoxy groups -OCH3 is 1. The molecule has 4 aromatic rings. The number of para-hydroxylation sites is 3. The normalized spacial score (nSPS) is 11.3. The summed E-state index contributed by atoms with van der Waals surface area (Å²) < 4.78 is 39.0. The number of carbonyl (C=O) groups excluding carboxylic acids is 1. The van der Waals surface area contributed by atoms with Gasteiger partial charge in [0.15, 0.2) is 5.58 Å². The fraction of sp³-hybridized carbons (Fsp3) is 0.130. The maximum Gasteiger partial charge on any atom is 0.262 e. The molecule has 0 aliphatic heterocycles. The lowest BCUT2D eigenvalue weighted by Gasteiger charge is -2.14. The minimum absolute atomic E-state index is 0.00750. The van der Waals surface area contributed by atoms with Gasteiger partial charge in [-0.15, -0.1) is 0 Å². The minimum Gasteiger partial charge on any atom is -0.495 e. The van der Waals surface area contributed by atoms with Crippen molar-refractivity contribution in [3.8, 4) is 5.75 Å². The van der Waals surface area contributed by atoms with Gasteiger partial charge in [0.25, 0.3) is 10.0 Å². The number of anilines is 2. The number of nitrogens with zero attached hydrogens (tertiary/aromatic N) is 1. The van der Waals surface area contributed by atoms with Crippen LogP contribution in [0.5, 0.6) is 5.75 Å². The number of aromatic nitrogens is 1. The number of benzene rings is 3. The molecule has 1 aromatic heterocycles. The standard InChI is InChI=1S/C23H21N3O5S/c1-15-11-12-16(24-23(27)14-19-17-7-3-5-9-20(17)31-25-19)13-22(15)32(28,29)26-18-8-4-6-10-21(18)30-2/h3-13,26H,14H2,1-2H3,(H,24,27). The van der Waals surface area contributed by atoms with E-state index in [0.717, 1.165) is 5.39 Å². The highest BCUT2D eigenvalue weighted by atomic mass is 32.2. The Labute approximate surface area is 185 Å². The summed E-state index contributed by atoms with van der Waals surface area (Å²) in [7, 11) is -2.46. The van der Waals surface area contributed by atoms with Crippen LogP contribution in [-0.2, 0) is 21.2 Å². The Bertz CT molecular complexity index is 1400. The SMILES string of the molecule is COc1ccccc1NS(=O)(=O)c1cc(NC(=O)Cc2noc3ccccc23)ccc1C. The molecule has 0 spiro atoms. The lowest BCUT2D eigenvalue weighted by atomic mass is 10.1. The molecule has 8 nitrogen and oxygen atoms in total. The van der Waals surface area contributed by atoms with Gasteiger partial charge in [-0.3, -0.25) is 9.52 Å². The summed E-state index contributed by atoms with van der Waals surface area (Å²) in [5.41, 5.74) is 2.32. The van der Waals surface area contributed by atoms with Crippen LogP contribution in [-0.4, -0.2) is 26.6 Å². The first-order valence-electron chi connectivity index (χ1n) is 9.77. The third-order valence-corrected chi connectivity index (χ3v) is 6.40. The Balaban J connectivity index is 1.55. The third-order valence-electron chi connectivity index (χ3n) is 4.89. The molecule has 164 valence electrons. The number of carbonyl (C=O) groups is 1. The molecule has 4 rings (SSSR count). The van der Waals surface area contributed by atoms with Gasteiger partial charge in [0.1, 0.15) is 11.4 Å². The predicted molar refractivity (Wildman–Crippen MR) is 121 cm³/mol. The first-order chi connectivity index (χ1) is 15.4. The highest BCUT2D eigenvalue weighted by Gasteiger charge is 2.20. The molecule has 0 fully saturated rings. The Morgan fingerprint density at radius 2 is 1.81 bits per heavy atom. The number of nitrogens with one attached hydrogen (secondary N) is 2. The lowest BCUT2D eigenvalue weighted by Crippen LogP contribution is -2.17. The summed E-state index contributed by atoms with van der Waals surface area (Å²) in [5.74, 6) is 0.0620. The van der Waals surface area contributed by atoms with E-state index in [1.807, 2.05) is 18.2 Å². The summed E-state index contributed by atoms with van der Waals surface area (Å²) in [4.78, 5) is 12.6. The molecule has 0 aliphatic carbocycles. The second-order valence-electron chi connectivity index (χ2n) is 7.14. The zero-order valence-corrected chi connectivity index (χ0v) is 18.3. The van der Waals surface area contributed by atoms with Gasteiger partial charge >= 0.3 is 0 Å². The summed E-state index contributed by atoms with van der Waals surface area (Å²) in [6, 6.07) is 18.7. The Kier molecular flexibility index (Phi) is 5.83. The number of amides is 1. The molecule has 0 aliphatic rings. The molecule has 2 N–H and O–H groups in total. The van der Waals surface area contributed by atoms with Crippen LogP contribution in [0.25, 0.3) is 11.0 Å². The summed E-state index contributed by atoms with van der Waals surface area (Å²) in [6.07, 6.45) is -0.00750. The number of hydrogen-bond donors (Lipinski definition) is 2. The molecule has 0 radical (unpaired) electrons. The fourth-order valence-corrected chi connectivity index (χ4v) is 4.66. The highest BCUT2D eigenvalue weighted by Crippen LogP contribution is 2.28. The van der Waals surface area contributed by atoms with Crippen LogP contribution in [0.4, 0.5) is 11.4 Å². The molecule has 0 bridgehead atoms. The molecule has 1 heterocycles. The summed E-state index contributed by atoms with van der Waals surface area (Å²) >= 11 is 0. The van der Waals surface area contributed by atoms with Gasteiger partial charge in [0, 0.05) is 11.1 Å². The van der Waals surface area contributed by atoms with Crippen LogP contribution in [0.1, 0.15) is 11.3 Å². The molecule has 0 unspecified atom stereocenters. The van der Waals surface area contributed by atoms with E-state index in [4.69, 9.17) is 9.26 Å². The lowest BCUT2D eigenvalue weighted by molar-refractivity contribution is -0.115. The molecular formula is C23H21N3O5S. The monoisotopic (exact) mass is 451 g/mol. The van der Waals surface area contributed by atoms with Gasteiger partial charge in [-0.1, -0.05) is 35.5 Å². The van der Waals surface area contributed by atoms with E-state index in [2.05, 4.69) is 15.2 Å². The van der Waals surface area contributed by atoms with Gasteiger partial charge in [-0.2, -0.15) is 0 Å². The molecule has 1 amide bonds. The van der Waals surface area contributed by atoms with E-state index in [1.54, 1.807) is 49.4 Å². The quantitative estimate of drug-likeness (QED) is 0.437. The molecule has 0 saturated heterocycles. The van der Waals surface area contributed by atoms with Crippen LogP contribution in [0.15, 0.2) is 76.1 Å². The third kappa shape index (κ3) is 4.42. The van der Waals surface area contributed by atoms with Crippen molar-refractivity contribution in [1.82, 2.24) is 5.16 Å². The minimum atomic E-state index is -3.92. The first kappa shape index (κ1) is 21.4. The fourth-order valence-electron chi connectivity index (χ4n) is 3.32. The van der Waals surface area contributed by atoms with Crippen LogP contribution < -0.4 is 14.8 Å². The predicted octanol–water partition coefficient (Wildman–Crippen LogP) is 4.13. The van der Waals surface area contributed by atoms with E-state index < -0.39 is 10.0 Å². The van der Waals surface area contributed by atoms with E-state index in [0.29, 0.717) is 34.0 Å². The molecule has 9 heteroatoms. The Morgan fingerprint density at radius 3 is 2.62 bits per heavy atom. The maximum absolute atomic E-state index is 13.0. The molecule has 0 saturated carbocycles. The Morgan fingerprint density at radius 1 is 1.06 bits per heavy atom. The molecule has 0 atom stereocenters. The largest absolute Gasteiger partial charge is 0.495 e. The highest BCUT2D eigenvalue weighted by molar-refractivity contribution is 7.92. The number of aryl methyl sites for hydroxylation is 1. The zero-order chi connectivity index (χ0) is 22.7. The van der Waals surface area contributed by atoms with Gasteiger partial charge < -0.3 is 14.6 Å². The zero-order valence-electron chi connectivity index (χ0n) is 17.5. The number of ether oxygens (including phenoxy) is 1. The summed E-state index contributed by atoms with van der Waals surface area (Å²) in [6.45, 7) is 1.68. The van der Waals surface area contributed by atoms with Gasteiger partial charge in [-0.25, -0.2) is 8.42 Å². The van der Waals surface area contributed by atoms with E-state index in [-0.39, 0.29) is 17.2 Å². The smallest absolute Gasteiger partial charge is 0.262 e. The van der Waals surface area contributed by atoms with Crippen LogP contribution in [0, 0.1) is 6.92 Å². The number of rotatable bonds is 7. The van der Waals surface area contributed by atoms with Crippen molar-refractivity contribution in [3.05, 3.63) is 78.0 Å². The van der Waals surface area contributed by atoms with Crippen molar-refractivity contribution in [3.63, 3.8) is 0 Å². The van der Waals surface area contributed by atoms with E-state index in [1.165, 1.54) is 13.2 Å². The van der Waals surface area contributed by atoms with E-state index in [9.17, 15) is 13.2 Å². The maximum atomic E-state index is 13.0. The van der Waals surface area contributed by atoms with Crippen molar-refractivity contribution in [2.45, 2.75) is 18.2 Å². The number of sulfonamides is 1. The Hall–Kier alpha value is -3.85. The first-order valence-corrected chi connectivity index (χ1v) is 11.3. The van der Waals surface area contributed by atoms with Crippen LogP contribution in [0.2, 0.25) is 0 Å².